The predicted molar refractivity (Wildman–Crippen MR) is 163 cm³/mol. The molecule has 226 valence electrons. The van der Waals surface area contributed by atoms with Crippen LogP contribution in [0.15, 0.2) is 79.4 Å². The molecule has 3 aromatic carbocycles. The lowest BCUT2D eigenvalue weighted by Gasteiger charge is -2.10. The number of hydrogen-bond donors (Lipinski definition) is 0. The van der Waals surface area contributed by atoms with Crippen LogP contribution in [0.2, 0.25) is 0 Å². The quantitative estimate of drug-likeness (QED) is 0.0501. The van der Waals surface area contributed by atoms with Crippen LogP contribution in [0.25, 0.3) is 0 Å². The molecule has 0 bridgehead atoms. The van der Waals surface area contributed by atoms with Gasteiger partial charge in [0.15, 0.2) is 6.29 Å². The van der Waals surface area contributed by atoms with E-state index in [2.05, 4.69) is 13.5 Å². The molecule has 0 aromatic heterocycles. The lowest BCUT2D eigenvalue weighted by Crippen LogP contribution is -2.11. The smallest absolute Gasteiger partial charge is 0.343 e. The van der Waals surface area contributed by atoms with Crippen molar-refractivity contribution in [3.8, 4) is 17.2 Å². The van der Waals surface area contributed by atoms with Gasteiger partial charge in [-0.1, -0.05) is 32.4 Å². The third-order valence-corrected chi connectivity index (χ3v) is 6.58. The fourth-order valence-electron chi connectivity index (χ4n) is 4.17. The second-order valence-corrected chi connectivity index (χ2v) is 9.91. The first-order chi connectivity index (χ1) is 20.9. The first-order valence-electron chi connectivity index (χ1n) is 14.6. The molecular weight excluding hydrogens is 548 g/mol. The van der Waals surface area contributed by atoms with E-state index in [1.165, 1.54) is 24.3 Å². The van der Waals surface area contributed by atoms with Gasteiger partial charge < -0.3 is 18.9 Å². The molecule has 0 aliphatic heterocycles. The van der Waals surface area contributed by atoms with Crippen molar-refractivity contribution in [2.24, 2.45) is 0 Å². The highest BCUT2D eigenvalue weighted by molar-refractivity contribution is 5.93. The van der Waals surface area contributed by atoms with E-state index < -0.39 is 17.9 Å². The number of ether oxygens (including phenoxy) is 4. The van der Waals surface area contributed by atoms with E-state index in [4.69, 9.17) is 18.9 Å². The highest BCUT2D eigenvalue weighted by Crippen LogP contribution is 2.22. The van der Waals surface area contributed by atoms with Gasteiger partial charge in [-0.05, 0) is 105 Å². The van der Waals surface area contributed by atoms with Crippen LogP contribution in [-0.2, 0) is 16.0 Å². The van der Waals surface area contributed by atoms with Gasteiger partial charge in [-0.3, -0.25) is 4.79 Å². The minimum absolute atomic E-state index is 0.200. The average molecular weight is 587 g/mol. The first-order valence-corrected chi connectivity index (χ1v) is 14.6. The molecule has 0 aliphatic rings. The largest absolute Gasteiger partial charge is 0.494 e. The second-order valence-electron chi connectivity index (χ2n) is 9.91. The molecule has 0 N–H and O–H groups in total. The molecule has 0 saturated carbocycles. The van der Waals surface area contributed by atoms with Gasteiger partial charge in [-0.2, -0.15) is 0 Å². The Morgan fingerprint density at radius 1 is 0.721 bits per heavy atom. The second kappa shape index (κ2) is 18.0. The molecule has 0 atom stereocenters. The summed E-state index contributed by atoms with van der Waals surface area (Å²) in [7, 11) is 0. The van der Waals surface area contributed by atoms with Crippen molar-refractivity contribution in [2.45, 2.75) is 58.3 Å². The summed E-state index contributed by atoms with van der Waals surface area (Å²) in [5, 5.41) is 0. The van der Waals surface area contributed by atoms with Crippen LogP contribution in [0.4, 0.5) is 0 Å². The van der Waals surface area contributed by atoms with Crippen LogP contribution in [0.5, 0.6) is 17.2 Å². The summed E-state index contributed by atoms with van der Waals surface area (Å²) >= 11 is 0. The molecule has 0 aliphatic carbocycles. The van der Waals surface area contributed by atoms with Gasteiger partial charge in [0.1, 0.15) is 17.2 Å². The van der Waals surface area contributed by atoms with E-state index in [1.807, 2.05) is 6.07 Å². The zero-order chi connectivity index (χ0) is 30.9. The Bertz CT molecular complexity index is 1360. The van der Waals surface area contributed by atoms with Crippen molar-refractivity contribution in [3.05, 3.63) is 102 Å². The van der Waals surface area contributed by atoms with Gasteiger partial charge in [0.2, 0.25) is 0 Å². The Morgan fingerprint density at radius 3 is 1.98 bits per heavy atom. The molecule has 0 unspecified atom stereocenters. The Morgan fingerprint density at radius 2 is 1.35 bits per heavy atom. The van der Waals surface area contributed by atoms with Crippen molar-refractivity contribution in [3.63, 3.8) is 0 Å². The van der Waals surface area contributed by atoms with Crippen molar-refractivity contribution >= 4 is 24.2 Å². The summed E-state index contributed by atoms with van der Waals surface area (Å²) in [5.74, 6) is -0.463. The van der Waals surface area contributed by atoms with Crippen LogP contribution in [0.1, 0.15) is 88.5 Å². The van der Waals surface area contributed by atoms with Crippen molar-refractivity contribution in [1.82, 2.24) is 0 Å². The maximum absolute atomic E-state index is 12.7. The number of hydrogen-bond acceptors (Lipinski definition) is 8. The van der Waals surface area contributed by atoms with Crippen LogP contribution < -0.4 is 14.2 Å². The van der Waals surface area contributed by atoms with Crippen molar-refractivity contribution < 1.29 is 38.1 Å². The average Bonchev–Trinajstić information content (AvgIpc) is 3.03. The Hall–Kier alpha value is -4.72. The van der Waals surface area contributed by atoms with Gasteiger partial charge in [0, 0.05) is 6.08 Å². The summed E-state index contributed by atoms with van der Waals surface area (Å²) in [6.07, 6.45) is 9.47. The van der Waals surface area contributed by atoms with Crippen LogP contribution in [-0.4, -0.2) is 37.4 Å². The molecule has 3 aromatic rings. The van der Waals surface area contributed by atoms with E-state index in [9.17, 15) is 19.2 Å². The summed E-state index contributed by atoms with van der Waals surface area (Å²) in [6, 6.07) is 17.9. The van der Waals surface area contributed by atoms with E-state index in [-0.39, 0.29) is 17.1 Å². The Kier molecular flexibility index (Phi) is 13.7. The molecule has 0 spiro atoms. The molecule has 8 nitrogen and oxygen atoms in total. The van der Waals surface area contributed by atoms with Crippen molar-refractivity contribution in [1.29, 1.82) is 0 Å². The van der Waals surface area contributed by atoms with E-state index in [1.54, 1.807) is 36.4 Å². The number of benzene rings is 3. The zero-order valence-corrected chi connectivity index (χ0v) is 24.5. The lowest BCUT2D eigenvalue weighted by molar-refractivity contribution is -0.137. The molecule has 8 heteroatoms. The monoisotopic (exact) mass is 586 g/mol. The molecule has 0 radical (unpaired) electrons. The minimum atomic E-state index is -0.621. The maximum atomic E-state index is 12.7. The first kappa shape index (κ1) is 32.8. The SMILES string of the molecule is C=CC(=O)OCCCCCCOc1ccc(C(=O)Oc2ccc(C(=O)Oc3ccc(CCCCC)cc3C=O)cc2)cc1. The highest BCUT2D eigenvalue weighted by Gasteiger charge is 2.14. The number of aldehydes is 1. The van der Waals surface area contributed by atoms with E-state index >= 15 is 0 Å². The van der Waals surface area contributed by atoms with Crippen LogP contribution in [0.3, 0.4) is 0 Å². The molecule has 0 fully saturated rings. The molecule has 0 amide bonds. The van der Waals surface area contributed by atoms with Crippen LogP contribution in [0, 0.1) is 0 Å². The lowest BCUT2D eigenvalue weighted by atomic mass is 10.0. The summed E-state index contributed by atoms with van der Waals surface area (Å²) in [4.78, 5) is 47.8. The maximum Gasteiger partial charge on any atom is 0.343 e. The predicted octanol–water partition coefficient (Wildman–Crippen LogP) is 7.34. The molecule has 0 saturated heterocycles. The minimum Gasteiger partial charge on any atom is -0.494 e. The van der Waals surface area contributed by atoms with Gasteiger partial charge in [0.25, 0.3) is 0 Å². The number of unbranched alkanes of at least 4 members (excludes halogenated alkanes) is 5. The fraction of sp³-hybridized carbons (Fsp3) is 0.314. The van der Waals surface area contributed by atoms with Gasteiger partial charge in [0.05, 0.1) is 29.9 Å². The van der Waals surface area contributed by atoms with E-state index in [0.29, 0.717) is 36.4 Å². The molecule has 3 rings (SSSR count). The van der Waals surface area contributed by atoms with Gasteiger partial charge >= 0.3 is 17.9 Å². The summed E-state index contributed by atoms with van der Waals surface area (Å²) in [6.45, 7) is 6.41. The normalized spacial score (nSPS) is 10.4. The molecule has 0 heterocycles. The third-order valence-electron chi connectivity index (χ3n) is 6.58. The van der Waals surface area contributed by atoms with Gasteiger partial charge in [-0.25, -0.2) is 14.4 Å². The summed E-state index contributed by atoms with van der Waals surface area (Å²) < 4.78 is 21.6. The van der Waals surface area contributed by atoms with Crippen LogP contribution >= 0.6 is 0 Å². The Balaban J connectivity index is 1.43. The number of carbonyl (C=O) groups excluding carboxylic acids is 4. The van der Waals surface area contributed by atoms with Gasteiger partial charge in [-0.15, -0.1) is 0 Å². The number of rotatable bonds is 18. The topological polar surface area (TPSA) is 105 Å². The third kappa shape index (κ3) is 11.2. The van der Waals surface area contributed by atoms with E-state index in [0.717, 1.165) is 63.0 Å². The summed E-state index contributed by atoms with van der Waals surface area (Å²) in [5.41, 5.74) is 1.95. The standard InChI is InChI=1S/C35H38O8/c1-3-5-8-11-26-12-21-32(29(24-26)25-36)43-35(39)28-15-19-31(20-16-28)42-34(38)27-13-17-30(18-14-27)40-22-9-6-7-10-23-41-33(37)4-2/h4,12-21,24-25H,2-3,5-11,22-23H2,1H3. The molecule has 43 heavy (non-hydrogen) atoms. The molecular formula is C35H38O8. The number of esters is 3. The number of carbonyl (C=O) groups is 4. The Labute approximate surface area is 252 Å². The number of aryl methyl sites for hydroxylation is 1. The van der Waals surface area contributed by atoms with Crippen molar-refractivity contribution in [2.75, 3.05) is 13.2 Å². The zero-order valence-electron chi connectivity index (χ0n) is 24.5. The highest BCUT2D eigenvalue weighted by atomic mass is 16.5. The fourth-order valence-corrected chi connectivity index (χ4v) is 4.17.